The zero-order chi connectivity index (χ0) is 33.0. The molecular formula is C45H28N4S. The van der Waals surface area contributed by atoms with Crippen LogP contribution >= 0.6 is 11.3 Å². The average Bonchev–Trinajstić information content (AvgIpc) is 3.74. The molecule has 0 fully saturated rings. The Labute approximate surface area is 292 Å². The predicted molar refractivity (Wildman–Crippen MR) is 209 cm³/mol. The van der Waals surface area contributed by atoms with Gasteiger partial charge in [-0.05, 0) is 53.6 Å². The van der Waals surface area contributed by atoms with E-state index in [-0.39, 0.29) is 0 Å². The Morgan fingerprint density at radius 1 is 0.360 bits per heavy atom. The predicted octanol–water partition coefficient (Wildman–Crippen LogP) is 12.0. The quantitative estimate of drug-likeness (QED) is 0.185. The van der Waals surface area contributed by atoms with Crippen molar-refractivity contribution in [2.45, 2.75) is 0 Å². The minimum atomic E-state index is 0.640. The number of benzene rings is 7. The molecule has 0 amide bonds. The van der Waals surface area contributed by atoms with Crippen molar-refractivity contribution in [3.8, 4) is 51.0 Å². The van der Waals surface area contributed by atoms with Crippen LogP contribution in [0.3, 0.4) is 0 Å². The maximum Gasteiger partial charge on any atom is 0.164 e. The normalized spacial score (nSPS) is 11.6. The van der Waals surface area contributed by atoms with E-state index < -0.39 is 0 Å². The SMILES string of the molecule is c1ccc(-c2ccc(-c3nc(-c4ccccc4)nc(-c4ccc(-n5c6ccccc6c6ccc7sc8ccccc8c7c65)cc4)n3)cc2)cc1. The van der Waals surface area contributed by atoms with E-state index >= 15 is 0 Å². The van der Waals surface area contributed by atoms with Gasteiger partial charge in [0.1, 0.15) is 0 Å². The van der Waals surface area contributed by atoms with Gasteiger partial charge in [0.2, 0.25) is 0 Å². The van der Waals surface area contributed by atoms with Gasteiger partial charge in [0.25, 0.3) is 0 Å². The molecule has 0 aliphatic heterocycles. The molecule has 0 radical (unpaired) electrons. The van der Waals surface area contributed by atoms with E-state index in [9.17, 15) is 0 Å². The van der Waals surface area contributed by atoms with E-state index in [4.69, 9.17) is 15.0 Å². The summed E-state index contributed by atoms with van der Waals surface area (Å²) in [5.74, 6) is 1.93. The maximum absolute atomic E-state index is 5.03. The van der Waals surface area contributed by atoms with Gasteiger partial charge in [0.15, 0.2) is 17.5 Å². The number of fused-ring (bicyclic) bond motifs is 7. The summed E-state index contributed by atoms with van der Waals surface area (Å²) in [6, 6.07) is 59.6. The summed E-state index contributed by atoms with van der Waals surface area (Å²) in [5.41, 5.74) is 8.68. The molecule has 0 saturated carbocycles. The molecular weight excluding hydrogens is 629 g/mol. The molecule has 0 saturated heterocycles. The van der Waals surface area contributed by atoms with Gasteiger partial charge < -0.3 is 4.57 Å². The molecule has 0 aliphatic carbocycles. The third-order valence-electron chi connectivity index (χ3n) is 9.48. The van der Waals surface area contributed by atoms with Crippen LogP contribution in [0.1, 0.15) is 0 Å². The standard InChI is InChI=1S/C45H28N4S/c1-3-11-29(12-4-1)30-19-21-32(22-20-30)44-46-43(31-13-5-2-6-14-31)47-45(48-44)33-23-25-34(26-24-33)49-38-17-9-7-15-35(38)36-27-28-40-41(42(36)49)37-16-8-10-18-39(37)50-40/h1-28H. The van der Waals surface area contributed by atoms with Crippen molar-refractivity contribution in [2.24, 2.45) is 0 Å². The highest BCUT2D eigenvalue weighted by Gasteiger charge is 2.18. The van der Waals surface area contributed by atoms with E-state index in [1.165, 1.54) is 47.5 Å². The van der Waals surface area contributed by atoms with E-state index in [2.05, 4.69) is 138 Å². The lowest BCUT2D eigenvalue weighted by molar-refractivity contribution is 1.07. The van der Waals surface area contributed by atoms with Gasteiger partial charge in [-0.2, -0.15) is 0 Å². The second-order valence-corrected chi connectivity index (χ2v) is 13.5. The van der Waals surface area contributed by atoms with Crippen molar-refractivity contribution >= 4 is 53.3 Å². The highest BCUT2D eigenvalue weighted by atomic mass is 32.1. The Morgan fingerprint density at radius 2 is 0.860 bits per heavy atom. The van der Waals surface area contributed by atoms with E-state index in [1.807, 2.05) is 47.7 Å². The van der Waals surface area contributed by atoms with Gasteiger partial charge in [-0.25, -0.2) is 15.0 Å². The Kier molecular flexibility index (Phi) is 6.64. The number of hydrogen-bond acceptors (Lipinski definition) is 4. The highest BCUT2D eigenvalue weighted by molar-refractivity contribution is 7.26. The fourth-order valence-corrected chi connectivity index (χ4v) is 8.19. The first kappa shape index (κ1) is 28.6. The fourth-order valence-electron chi connectivity index (χ4n) is 7.09. The maximum atomic E-state index is 5.03. The summed E-state index contributed by atoms with van der Waals surface area (Å²) >= 11 is 1.85. The Balaban J connectivity index is 1.12. The lowest BCUT2D eigenvalue weighted by Gasteiger charge is -2.11. The number of rotatable bonds is 5. The summed E-state index contributed by atoms with van der Waals surface area (Å²) in [6.07, 6.45) is 0. The van der Waals surface area contributed by atoms with Crippen LogP contribution in [-0.2, 0) is 0 Å². The van der Waals surface area contributed by atoms with Crippen molar-refractivity contribution < 1.29 is 0 Å². The van der Waals surface area contributed by atoms with Crippen LogP contribution in [0, 0.1) is 0 Å². The first-order valence-corrected chi connectivity index (χ1v) is 17.5. The molecule has 0 unspecified atom stereocenters. The van der Waals surface area contributed by atoms with Crippen molar-refractivity contribution in [2.75, 3.05) is 0 Å². The molecule has 234 valence electrons. The Bertz CT molecular complexity index is 2840. The van der Waals surface area contributed by atoms with Crippen LogP contribution in [0.15, 0.2) is 170 Å². The molecule has 50 heavy (non-hydrogen) atoms. The molecule has 3 aromatic heterocycles. The van der Waals surface area contributed by atoms with Gasteiger partial charge in [-0.1, -0.05) is 127 Å². The Morgan fingerprint density at radius 3 is 1.54 bits per heavy atom. The van der Waals surface area contributed by atoms with Crippen LogP contribution in [0.25, 0.3) is 93.0 Å². The summed E-state index contributed by atoms with van der Waals surface area (Å²) in [7, 11) is 0. The van der Waals surface area contributed by atoms with Crippen LogP contribution < -0.4 is 0 Å². The molecule has 0 spiro atoms. The van der Waals surface area contributed by atoms with Crippen molar-refractivity contribution in [3.63, 3.8) is 0 Å². The third kappa shape index (κ3) is 4.71. The van der Waals surface area contributed by atoms with Gasteiger partial charge >= 0.3 is 0 Å². The lowest BCUT2D eigenvalue weighted by Crippen LogP contribution is -2.00. The molecule has 0 bridgehead atoms. The molecule has 10 rings (SSSR count). The lowest BCUT2D eigenvalue weighted by atomic mass is 10.0. The number of aromatic nitrogens is 4. The molecule has 10 aromatic rings. The number of para-hydroxylation sites is 1. The fraction of sp³-hybridized carbons (Fsp3) is 0. The molecule has 0 atom stereocenters. The zero-order valence-corrected chi connectivity index (χ0v) is 27.7. The molecule has 0 N–H and O–H groups in total. The minimum Gasteiger partial charge on any atom is -0.309 e. The van der Waals surface area contributed by atoms with Gasteiger partial charge in [-0.3, -0.25) is 0 Å². The number of hydrogen-bond donors (Lipinski definition) is 0. The molecule has 3 heterocycles. The monoisotopic (exact) mass is 656 g/mol. The highest BCUT2D eigenvalue weighted by Crippen LogP contribution is 2.43. The van der Waals surface area contributed by atoms with Gasteiger partial charge in [0.05, 0.1) is 11.0 Å². The first-order chi connectivity index (χ1) is 24.8. The van der Waals surface area contributed by atoms with Crippen LogP contribution in [-0.4, -0.2) is 19.5 Å². The van der Waals surface area contributed by atoms with Crippen molar-refractivity contribution in [3.05, 3.63) is 170 Å². The molecule has 4 nitrogen and oxygen atoms in total. The van der Waals surface area contributed by atoms with Gasteiger partial charge in [-0.15, -0.1) is 11.3 Å². The van der Waals surface area contributed by atoms with Crippen LogP contribution in [0.4, 0.5) is 0 Å². The molecule has 7 aromatic carbocycles. The minimum absolute atomic E-state index is 0.640. The summed E-state index contributed by atoms with van der Waals surface area (Å²) < 4.78 is 5.01. The second-order valence-electron chi connectivity index (χ2n) is 12.4. The topological polar surface area (TPSA) is 43.6 Å². The van der Waals surface area contributed by atoms with Crippen molar-refractivity contribution in [1.29, 1.82) is 0 Å². The molecule has 5 heteroatoms. The Hall–Kier alpha value is -6.43. The smallest absolute Gasteiger partial charge is 0.164 e. The van der Waals surface area contributed by atoms with E-state index in [0.29, 0.717) is 17.5 Å². The van der Waals surface area contributed by atoms with E-state index in [0.717, 1.165) is 27.9 Å². The zero-order valence-electron chi connectivity index (χ0n) is 26.9. The summed E-state index contributed by atoms with van der Waals surface area (Å²) in [4.78, 5) is 15.0. The number of nitrogens with zero attached hydrogens (tertiary/aromatic N) is 4. The average molecular weight is 657 g/mol. The third-order valence-corrected chi connectivity index (χ3v) is 10.6. The summed E-state index contributed by atoms with van der Waals surface area (Å²) in [5, 5.41) is 5.10. The second kappa shape index (κ2) is 11.6. The van der Waals surface area contributed by atoms with E-state index in [1.54, 1.807) is 0 Å². The first-order valence-electron chi connectivity index (χ1n) is 16.7. The summed E-state index contributed by atoms with van der Waals surface area (Å²) in [6.45, 7) is 0. The van der Waals surface area contributed by atoms with Crippen LogP contribution in [0.2, 0.25) is 0 Å². The van der Waals surface area contributed by atoms with Gasteiger partial charge in [0, 0.05) is 53.3 Å². The van der Waals surface area contributed by atoms with Crippen LogP contribution in [0.5, 0.6) is 0 Å². The largest absolute Gasteiger partial charge is 0.309 e. The molecule has 0 aliphatic rings. The number of thiophene rings is 1. The van der Waals surface area contributed by atoms with Crippen molar-refractivity contribution in [1.82, 2.24) is 19.5 Å².